The van der Waals surface area contributed by atoms with Crippen LogP contribution in [0, 0.1) is 19.8 Å². The van der Waals surface area contributed by atoms with Crippen molar-refractivity contribution in [2.75, 3.05) is 32.8 Å². The fraction of sp³-hybridized carbons (Fsp3) is 0.500. The van der Waals surface area contributed by atoms with Gasteiger partial charge in [0.25, 0.3) is 0 Å². The van der Waals surface area contributed by atoms with Crippen LogP contribution in [0.5, 0.6) is 0 Å². The van der Waals surface area contributed by atoms with Crippen LogP contribution in [0.1, 0.15) is 40.1 Å². The number of carbonyl (C=O) groups is 1. The predicted molar refractivity (Wildman–Crippen MR) is 124 cm³/mol. The largest absolute Gasteiger partial charge is 0.465 e. The molecule has 0 aliphatic carbocycles. The second-order valence-corrected chi connectivity index (χ2v) is 9.37. The Labute approximate surface area is 185 Å². The Morgan fingerprint density at radius 3 is 2.60 bits per heavy atom. The van der Waals surface area contributed by atoms with E-state index >= 15 is 0 Å². The molecule has 30 heavy (non-hydrogen) atoms. The van der Waals surface area contributed by atoms with Crippen molar-refractivity contribution in [1.29, 1.82) is 0 Å². The predicted octanol–water partition coefficient (Wildman–Crippen LogP) is 5.81. The number of hydrogen-bond donors (Lipinski definition) is 0. The topological polar surface area (TPSA) is 78.3 Å². The van der Waals surface area contributed by atoms with Crippen molar-refractivity contribution in [3.8, 4) is 0 Å². The number of nitrogens with zero attached hydrogens (tertiary/aromatic N) is 4. The standard InChI is InChI=1S/C22H28N4O2S2/c1-16-7-13-29-20(16)19(21-17(2)8-14-30-21)6-4-11-26-10-3-5-18(15-26)22(27)28-12-9-24-25-23/h6-8,13-14,18H,3-5,9-12,15H2,1-2H3/t18-/m1/s1. The minimum atomic E-state index is -0.174. The average Bonchev–Trinajstić information content (AvgIpc) is 3.37. The number of carbonyl (C=O) groups excluding carboxylic acids is 1. The van der Waals surface area contributed by atoms with Crippen molar-refractivity contribution in [2.45, 2.75) is 33.1 Å². The molecule has 160 valence electrons. The smallest absolute Gasteiger partial charge is 0.310 e. The zero-order valence-corrected chi connectivity index (χ0v) is 19.2. The zero-order chi connectivity index (χ0) is 21.3. The summed E-state index contributed by atoms with van der Waals surface area (Å²) in [4.78, 5) is 20.0. The molecule has 0 N–H and O–H groups in total. The number of piperidine rings is 1. The van der Waals surface area contributed by atoms with Crippen LogP contribution in [0.3, 0.4) is 0 Å². The van der Waals surface area contributed by atoms with Crippen LogP contribution in [0.4, 0.5) is 0 Å². The molecular formula is C22H28N4O2S2. The van der Waals surface area contributed by atoms with Gasteiger partial charge in [0.2, 0.25) is 0 Å². The molecule has 6 nitrogen and oxygen atoms in total. The molecule has 3 rings (SSSR count). The second kappa shape index (κ2) is 11.3. The Morgan fingerprint density at radius 2 is 2.00 bits per heavy atom. The van der Waals surface area contributed by atoms with Crippen molar-refractivity contribution in [3.05, 3.63) is 60.3 Å². The first-order chi connectivity index (χ1) is 14.6. The molecule has 8 heteroatoms. The molecular weight excluding hydrogens is 416 g/mol. The summed E-state index contributed by atoms with van der Waals surface area (Å²) in [5.74, 6) is -0.264. The second-order valence-electron chi connectivity index (χ2n) is 7.53. The summed E-state index contributed by atoms with van der Waals surface area (Å²) in [5, 5.41) is 7.72. The third-order valence-corrected chi connectivity index (χ3v) is 7.44. The van der Waals surface area contributed by atoms with Crippen LogP contribution in [-0.2, 0) is 9.53 Å². The molecule has 3 heterocycles. The highest BCUT2D eigenvalue weighted by atomic mass is 32.1. The molecule has 0 radical (unpaired) electrons. The summed E-state index contributed by atoms with van der Waals surface area (Å²) in [6, 6.07) is 4.36. The van der Waals surface area contributed by atoms with E-state index in [9.17, 15) is 4.79 Å². The fourth-order valence-corrected chi connectivity index (χ4v) is 5.79. The molecule has 0 unspecified atom stereocenters. The van der Waals surface area contributed by atoms with Crippen LogP contribution < -0.4 is 0 Å². The Balaban J connectivity index is 1.59. The first-order valence-electron chi connectivity index (χ1n) is 10.3. The first kappa shape index (κ1) is 22.6. The Morgan fingerprint density at radius 1 is 1.30 bits per heavy atom. The van der Waals surface area contributed by atoms with Crippen LogP contribution in [0.15, 0.2) is 34.1 Å². The molecule has 2 aromatic heterocycles. The van der Waals surface area contributed by atoms with Crippen LogP contribution in [-0.4, -0.2) is 43.7 Å². The maximum atomic E-state index is 12.3. The van der Waals surface area contributed by atoms with E-state index in [4.69, 9.17) is 10.3 Å². The molecule has 1 saturated heterocycles. The molecule has 0 aromatic carbocycles. The fourth-order valence-electron chi connectivity index (χ4n) is 3.78. The monoisotopic (exact) mass is 444 g/mol. The van der Waals surface area contributed by atoms with E-state index < -0.39 is 0 Å². The van der Waals surface area contributed by atoms with Gasteiger partial charge in [0.05, 0.1) is 19.1 Å². The molecule has 0 amide bonds. The molecule has 0 bridgehead atoms. The number of thiophene rings is 2. The lowest BCUT2D eigenvalue weighted by Crippen LogP contribution is -2.39. The maximum absolute atomic E-state index is 12.3. The van der Waals surface area contributed by atoms with E-state index in [1.807, 2.05) is 0 Å². The molecule has 2 aromatic rings. The lowest BCUT2D eigenvalue weighted by Gasteiger charge is -2.31. The number of likely N-dealkylation sites (tertiary alicyclic amines) is 1. The van der Waals surface area contributed by atoms with E-state index in [0.29, 0.717) is 0 Å². The van der Waals surface area contributed by atoms with Gasteiger partial charge in [0.1, 0.15) is 0 Å². The normalized spacial score (nSPS) is 16.7. The maximum Gasteiger partial charge on any atom is 0.310 e. The van der Waals surface area contributed by atoms with Crippen LogP contribution >= 0.6 is 22.7 Å². The molecule has 0 spiro atoms. The summed E-state index contributed by atoms with van der Waals surface area (Å²) in [7, 11) is 0. The molecule has 1 aliphatic rings. The van der Waals surface area contributed by atoms with Crippen LogP contribution in [0.25, 0.3) is 16.0 Å². The van der Waals surface area contributed by atoms with E-state index in [-0.39, 0.29) is 25.0 Å². The van der Waals surface area contributed by atoms with Crippen LogP contribution in [0.2, 0.25) is 0 Å². The third kappa shape index (κ3) is 5.95. The highest BCUT2D eigenvalue weighted by Crippen LogP contribution is 2.35. The number of rotatable bonds is 9. The highest BCUT2D eigenvalue weighted by molar-refractivity contribution is 7.14. The summed E-state index contributed by atoms with van der Waals surface area (Å²) >= 11 is 3.60. The van der Waals surface area contributed by atoms with Gasteiger partial charge in [-0.3, -0.25) is 4.79 Å². The number of aryl methyl sites for hydroxylation is 2. The summed E-state index contributed by atoms with van der Waals surface area (Å²) < 4.78 is 5.26. The summed E-state index contributed by atoms with van der Waals surface area (Å²) in [6.45, 7) is 7.38. The number of hydrogen-bond acceptors (Lipinski definition) is 6. The highest BCUT2D eigenvalue weighted by Gasteiger charge is 2.26. The molecule has 1 aliphatic heterocycles. The van der Waals surface area contributed by atoms with E-state index in [0.717, 1.165) is 38.9 Å². The SMILES string of the molecule is Cc1ccsc1C(=CCCN1CCC[C@@H](C(=O)OCCN=[N+]=[N-])C1)c1sccc1C. The van der Waals surface area contributed by atoms with Gasteiger partial charge in [-0.25, -0.2) is 0 Å². The van der Waals surface area contributed by atoms with Gasteiger partial charge in [-0.15, -0.1) is 22.7 Å². The zero-order valence-electron chi connectivity index (χ0n) is 17.5. The number of azide groups is 1. The van der Waals surface area contributed by atoms with E-state index in [1.54, 1.807) is 22.7 Å². The van der Waals surface area contributed by atoms with Crippen molar-refractivity contribution in [3.63, 3.8) is 0 Å². The molecule has 0 saturated carbocycles. The van der Waals surface area contributed by atoms with Crippen molar-refractivity contribution >= 4 is 34.2 Å². The lowest BCUT2D eigenvalue weighted by molar-refractivity contribution is -0.150. The van der Waals surface area contributed by atoms with Gasteiger partial charge in [-0.2, -0.15) is 0 Å². The Kier molecular flexibility index (Phi) is 8.51. The van der Waals surface area contributed by atoms with Gasteiger partial charge in [-0.1, -0.05) is 11.2 Å². The quantitative estimate of drug-likeness (QED) is 0.161. The van der Waals surface area contributed by atoms with E-state index in [1.165, 1.54) is 26.5 Å². The van der Waals surface area contributed by atoms with Crippen molar-refractivity contribution in [1.82, 2.24) is 4.90 Å². The molecule has 1 atom stereocenters. The van der Waals surface area contributed by atoms with Crippen molar-refractivity contribution < 1.29 is 9.53 Å². The number of esters is 1. The van der Waals surface area contributed by atoms with Crippen molar-refractivity contribution in [2.24, 2.45) is 11.0 Å². The minimum Gasteiger partial charge on any atom is -0.465 e. The van der Waals surface area contributed by atoms with Gasteiger partial charge in [0.15, 0.2) is 0 Å². The Bertz CT molecular complexity index is 885. The Hall–Kier alpha value is -2.12. The number of ether oxygens (including phenoxy) is 1. The lowest BCUT2D eigenvalue weighted by atomic mass is 9.98. The average molecular weight is 445 g/mol. The molecule has 1 fully saturated rings. The van der Waals surface area contributed by atoms with Gasteiger partial charge in [0, 0.05) is 33.3 Å². The van der Waals surface area contributed by atoms with Gasteiger partial charge < -0.3 is 9.64 Å². The van der Waals surface area contributed by atoms with E-state index in [2.05, 4.69) is 57.7 Å². The summed E-state index contributed by atoms with van der Waals surface area (Å²) in [5.41, 5.74) is 12.3. The minimum absolute atomic E-state index is 0.0904. The third-order valence-electron chi connectivity index (χ3n) is 5.34. The first-order valence-corrected chi connectivity index (χ1v) is 12.0. The van der Waals surface area contributed by atoms with Gasteiger partial charge in [-0.05, 0) is 79.2 Å². The summed E-state index contributed by atoms with van der Waals surface area (Å²) in [6.07, 6.45) is 5.17. The van der Waals surface area contributed by atoms with Gasteiger partial charge >= 0.3 is 5.97 Å².